The minimum absolute atomic E-state index is 0.196. The molecule has 6 heteroatoms. The number of aryl methyl sites for hydroxylation is 1. The van der Waals surface area contributed by atoms with E-state index in [4.69, 9.17) is 0 Å². The number of thiazole rings is 1. The van der Waals surface area contributed by atoms with Gasteiger partial charge < -0.3 is 10.2 Å². The standard InChI is InChI=1S/C15H19N3OS2/c1-11-2-3-14(21-11)13(19)10-18(15-17-8-9-20-15)12-4-6-16-7-5-12/h2-3,8-9,12,16H,4-7,10H2,1H3. The molecule has 0 aliphatic carbocycles. The molecular formula is C15H19N3OS2. The van der Waals surface area contributed by atoms with Gasteiger partial charge in [0, 0.05) is 22.5 Å². The lowest BCUT2D eigenvalue weighted by atomic mass is 10.0. The number of piperidine rings is 1. The third kappa shape index (κ3) is 3.51. The Balaban J connectivity index is 1.77. The number of Topliss-reactive ketones (excluding diaryl/α,β-unsaturated/α-hetero) is 1. The van der Waals surface area contributed by atoms with Gasteiger partial charge in [-0.2, -0.15) is 0 Å². The van der Waals surface area contributed by atoms with Crippen molar-refractivity contribution < 1.29 is 4.79 Å². The number of rotatable bonds is 5. The van der Waals surface area contributed by atoms with Crippen LogP contribution in [0.1, 0.15) is 27.4 Å². The molecule has 2 aromatic rings. The molecule has 1 N–H and O–H groups in total. The first-order chi connectivity index (χ1) is 10.2. The fourth-order valence-electron chi connectivity index (χ4n) is 2.65. The molecule has 4 nitrogen and oxygen atoms in total. The number of nitrogens with zero attached hydrogens (tertiary/aromatic N) is 2. The number of anilines is 1. The van der Waals surface area contributed by atoms with E-state index in [0.717, 1.165) is 35.9 Å². The van der Waals surface area contributed by atoms with Gasteiger partial charge in [-0.3, -0.25) is 4.79 Å². The SMILES string of the molecule is Cc1ccc(C(=O)CN(c2nccs2)C2CCNCC2)s1. The summed E-state index contributed by atoms with van der Waals surface area (Å²) in [5.41, 5.74) is 0. The molecule has 0 unspecified atom stereocenters. The summed E-state index contributed by atoms with van der Waals surface area (Å²) < 4.78 is 0. The quantitative estimate of drug-likeness (QED) is 0.860. The van der Waals surface area contributed by atoms with Crippen LogP contribution in [0.3, 0.4) is 0 Å². The van der Waals surface area contributed by atoms with Crippen LogP contribution in [0, 0.1) is 6.92 Å². The molecule has 0 saturated carbocycles. The molecule has 112 valence electrons. The predicted molar refractivity (Wildman–Crippen MR) is 88.7 cm³/mol. The second-order valence-corrected chi connectivity index (χ2v) is 7.42. The van der Waals surface area contributed by atoms with E-state index in [-0.39, 0.29) is 5.78 Å². The predicted octanol–water partition coefficient (Wildman–Crippen LogP) is 2.95. The van der Waals surface area contributed by atoms with Gasteiger partial charge in [0.1, 0.15) is 0 Å². The van der Waals surface area contributed by atoms with Crippen molar-refractivity contribution in [1.29, 1.82) is 0 Å². The fraction of sp³-hybridized carbons (Fsp3) is 0.467. The van der Waals surface area contributed by atoms with Crippen molar-refractivity contribution in [3.63, 3.8) is 0 Å². The molecule has 0 atom stereocenters. The maximum absolute atomic E-state index is 12.5. The highest BCUT2D eigenvalue weighted by atomic mass is 32.1. The monoisotopic (exact) mass is 321 g/mol. The zero-order chi connectivity index (χ0) is 14.7. The van der Waals surface area contributed by atoms with E-state index in [9.17, 15) is 4.79 Å². The van der Waals surface area contributed by atoms with Crippen LogP contribution in [0.15, 0.2) is 23.7 Å². The zero-order valence-electron chi connectivity index (χ0n) is 12.0. The molecule has 0 amide bonds. The molecule has 1 fully saturated rings. The van der Waals surface area contributed by atoms with E-state index < -0.39 is 0 Å². The summed E-state index contributed by atoms with van der Waals surface area (Å²) >= 11 is 3.19. The second-order valence-electron chi connectivity index (χ2n) is 5.26. The lowest BCUT2D eigenvalue weighted by Gasteiger charge is -2.33. The Morgan fingerprint density at radius 3 is 2.86 bits per heavy atom. The molecule has 21 heavy (non-hydrogen) atoms. The van der Waals surface area contributed by atoms with Crippen LogP contribution >= 0.6 is 22.7 Å². The van der Waals surface area contributed by atoms with E-state index in [1.54, 1.807) is 22.7 Å². The molecule has 0 radical (unpaired) electrons. The van der Waals surface area contributed by atoms with Crippen LogP contribution < -0.4 is 10.2 Å². The zero-order valence-corrected chi connectivity index (χ0v) is 13.7. The second kappa shape index (κ2) is 6.68. The first-order valence-electron chi connectivity index (χ1n) is 7.20. The Morgan fingerprint density at radius 2 is 2.24 bits per heavy atom. The summed E-state index contributed by atoms with van der Waals surface area (Å²) in [5.74, 6) is 0.196. The van der Waals surface area contributed by atoms with Crippen molar-refractivity contribution in [2.75, 3.05) is 24.5 Å². The van der Waals surface area contributed by atoms with Crippen molar-refractivity contribution in [3.8, 4) is 0 Å². The van der Waals surface area contributed by atoms with E-state index in [1.807, 2.05) is 30.6 Å². The van der Waals surface area contributed by atoms with Crippen LogP contribution in [-0.2, 0) is 0 Å². The van der Waals surface area contributed by atoms with Crippen molar-refractivity contribution >= 4 is 33.6 Å². The lowest BCUT2D eigenvalue weighted by molar-refractivity contribution is 0.0999. The molecule has 3 rings (SSSR count). The van der Waals surface area contributed by atoms with E-state index in [1.165, 1.54) is 4.88 Å². The third-order valence-electron chi connectivity index (χ3n) is 3.74. The number of ketones is 1. The Bertz CT molecular complexity index is 588. The Labute approximate surface area is 132 Å². The smallest absolute Gasteiger partial charge is 0.192 e. The summed E-state index contributed by atoms with van der Waals surface area (Å²) in [5, 5.41) is 6.31. The highest BCUT2D eigenvalue weighted by Gasteiger charge is 2.25. The first kappa shape index (κ1) is 14.7. The van der Waals surface area contributed by atoms with E-state index in [0.29, 0.717) is 12.6 Å². The van der Waals surface area contributed by atoms with Crippen molar-refractivity contribution in [2.24, 2.45) is 0 Å². The van der Waals surface area contributed by atoms with Crippen molar-refractivity contribution in [1.82, 2.24) is 10.3 Å². The average molecular weight is 321 g/mol. The molecule has 3 heterocycles. The van der Waals surface area contributed by atoms with Gasteiger partial charge in [0.05, 0.1) is 11.4 Å². The number of carbonyl (C=O) groups is 1. The van der Waals surface area contributed by atoms with Crippen molar-refractivity contribution in [3.05, 3.63) is 33.5 Å². The summed E-state index contributed by atoms with van der Waals surface area (Å²) in [6.07, 6.45) is 3.94. The Kier molecular flexibility index (Phi) is 4.67. The van der Waals surface area contributed by atoms with Gasteiger partial charge in [-0.25, -0.2) is 4.98 Å². The Morgan fingerprint density at radius 1 is 1.43 bits per heavy atom. The summed E-state index contributed by atoms with van der Waals surface area (Å²) in [6, 6.07) is 4.35. The van der Waals surface area contributed by atoms with Gasteiger partial charge >= 0.3 is 0 Å². The van der Waals surface area contributed by atoms with Crippen LogP contribution in [-0.4, -0.2) is 36.4 Å². The van der Waals surface area contributed by atoms with Crippen LogP contribution in [0.5, 0.6) is 0 Å². The maximum Gasteiger partial charge on any atom is 0.192 e. The van der Waals surface area contributed by atoms with Crippen molar-refractivity contribution in [2.45, 2.75) is 25.8 Å². The molecule has 0 spiro atoms. The van der Waals surface area contributed by atoms with E-state index in [2.05, 4.69) is 15.2 Å². The highest BCUT2D eigenvalue weighted by Crippen LogP contribution is 2.25. The van der Waals surface area contributed by atoms with Gasteiger partial charge in [0.15, 0.2) is 10.9 Å². The molecule has 2 aromatic heterocycles. The lowest BCUT2D eigenvalue weighted by Crippen LogP contribution is -2.45. The van der Waals surface area contributed by atoms with E-state index >= 15 is 0 Å². The molecule has 1 aliphatic rings. The maximum atomic E-state index is 12.5. The number of carbonyl (C=O) groups excluding carboxylic acids is 1. The average Bonchev–Trinajstić information content (AvgIpc) is 3.17. The van der Waals surface area contributed by atoms with Gasteiger partial charge in [-0.15, -0.1) is 22.7 Å². The first-order valence-corrected chi connectivity index (χ1v) is 8.90. The minimum Gasteiger partial charge on any atom is -0.337 e. The normalized spacial score (nSPS) is 16.0. The molecule has 0 bridgehead atoms. The third-order valence-corrected chi connectivity index (χ3v) is 5.59. The summed E-state index contributed by atoms with van der Waals surface area (Å²) in [4.78, 5) is 21.2. The van der Waals surface area contributed by atoms with Crippen LogP contribution in [0.25, 0.3) is 0 Å². The van der Waals surface area contributed by atoms with Gasteiger partial charge in [-0.05, 0) is 45.0 Å². The van der Waals surface area contributed by atoms with Gasteiger partial charge in [0.25, 0.3) is 0 Å². The number of nitrogens with one attached hydrogen (secondary N) is 1. The molecule has 1 aliphatic heterocycles. The minimum atomic E-state index is 0.196. The van der Waals surface area contributed by atoms with Crippen LogP contribution in [0.4, 0.5) is 5.13 Å². The number of aromatic nitrogens is 1. The number of hydrogen-bond acceptors (Lipinski definition) is 6. The number of hydrogen-bond donors (Lipinski definition) is 1. The van der Waals surface area contributed by atoms with Crippen LogP contribution in [0.2, 0.25) is 0 Å². The summed E-state index contributed by atoms with van der Waals surface area (Å²) in [7, 11) is 0. The van der Waals surface area contributed by atoms with Gasteiger partial charge in [0.2, 0.25) is 0 Å². The summed E-state index contributed by atoms with van der Waals surface area (Å²) in [6.45, 7) is 4.49. The molecular weight excluding hydrogens is 302 g/mol. The topological polar surface area (TPSA) is 45.2 Å². The fourth-order valence-corrected chi connectivity index (χ4v) is 4.16. The molecule has 1 saturated heterocycles. The largest absolute Gasteiger partial charge is 0.337 e. The van der Waals surface area contributed by atoms with Gasteiger partial charge in [-0.1, -0.05) is 0 Å². The Hall–Kier alpha value is -1.24. The highest BCUT2D eigenvalue weighted by molar-refractivity contribution is 7.14. The number of thiophene rings is 1. The molecule has 0 aromatic carbocycles.